The largest absolute Gasteiger partial charge is 0.479 e. The fourth-order valence-corrected chi connectivity index (χ4v) is 2.13. The average Bonchev–Trinajstić information content (AvgIpc) is 2.38. The standard InChI is InChI=1S/C13H17NO4S/c1-9-2-4-10(5-3-9)19-7-6-12(16)14-8-11(15)13(17)18/h2-5,11,15H,6-8H2,1H3,(H,14,16)(H,17,18)/t11-/m0/s1. The van der Waals surface area contributed by atoms with Crippen LogP contribution >= 0.6 is 11.8 Å². The molecule has 1 amide bonds. The molecule has 19 heavy (non-hydrogen) atoms. The van der Waals surface area contributed by atoms with Crippen molar-refractivity contribution < 1.29 is 19.8 Å². The van der Waals surface area contributed by atoms with Gasteiger partial charge in [0.25, 0.3) is 0 Å². The van der Waals surface area contributed by atoms with Crippen LogP contribution < -0.4 is 5.32 Å². The van der Waals surface area contributed by atoms with Gasteiger partial charge in [0.15, 0.2) is 6.10 Å². The van der Waals surface area contributed by atoms with Gasteiger partial charge in [-0.3, -0.25) is 4.79 Å². The summed E-state index contributed by atoms with van der Waals surface area (Å²) in [7, 11) is 0. The van der Waals surface area contributed by atoms with E-state index in [1.807, 2.05) is 31.2 Å². The van der Waals surface area contributed by atoms with E-state index in [4.69, 9.17) is 10.2 Å². The lowest BCUT2D eigenvalue weighted by molar-refractivity contribution is -0.146. The number of thioether (sulfide) groups is 1. The molecular formula is C13H17NO4S. The summed E-state index contributed by atoms with van der Waals surface area (Å²) in [4.78, 5) is 22.8. The van der Waals surface area contributed by atoms with Gasteiger partial charge in [-0.25, -0.2) is 4.79 Å². The second-order valence-corrected chi connectivity index (χ2v) is 5.24. The summed E-state index contributed by atoms with van der Waals surface area (Å²) in [6.07, 6.45) is -1.26. The van der Waals surface area contributed by atoms with Gasteiger partial charge in [-0.15, -0.1) is 11.8 Å². The summed E-state index contributed by atoms with van der Waals surface area (Å²) < 4.78 is 0. The molecule has 0 saturated heterocycles. The summed E-state index contributed by atoms with van der Waals surface area (Å²) >= 11 is 1.56. The second-order valence-electron chi connectivity index (χ2n) is 4.07. The number of aliphatic hydroxyl groups excluding tert-OH is 1. The molecular weight excluding hydrogens is 266 g/mol. The molecule has 0 saturated carbocycles. The van der Waals surface area contributed by atoms with Crippen molar-refractivity contribution >= 4 is 23.6 Å². The van der Waals surface area contributed by atoms with Crippen molar-refractivity contribution in [2.45, 2.75) is 24.3 Å². The lowest BCUT2D eigenvalue weighted by atomic mass is 10.2. The van der Waals surface area contributed by atoms with Gasteiger partial charge >= 0.3 is 5.97 Å². The van der Waals surface area contributed by atoms with Gasteiger partial charge in [-0.2, -0.15) is 0 Å². The number of aliphatic hydroxyl groups is 1. The van der Waals surface area contributed by atoms with Crippen LogP contribution in [0.4, 0.5) is 0 Å². The molecule has 3 N–H and O–H groups in total. The van der Waals surface area contributed by atoms with Crippen LogP contribution in [0.5, 0.6) is 0 Å². The summed E-state index contributed by atoms with van der Waals surface area (Å²) in [5.41, 5.74) is 1.18. The minimum Gasteiger partial charge on any atom is -0.479 e. The van der Waals surface area contributed by atoms with E-state index in [-0.39, 0.29) is 18.9 Å². The number of hydrogen-bond donors (Lipinski definition) is 3. The number of rotatable bonds is 7. The number of carbonyl (C=O) groups excluding carboxylic acids is 1. The van der Waals surface area contributed by atoms with Gasteiger partial charge < -0.3 is 15.5 Å². The lowest BCUT2D eigenvalue weighted by Gasteiger charge is -2.07. The highest BCUT2D eigenvalue weighted by Crippen LogP contribution is 2.18. The molecule has 0 aliphatic carbocycles. The van der Waals surface area contributed by atoms with Crippen LogP contribution in [0, 0.1) is 6.92 Å². The topological polar surface area (TPSA) is 86.6 Å². The molecule has 0 heterocycles. The summed E-state index contributed by atoms with van der Waals surface area (Å²) in [6, 6.07) is 8.00. The summed E-state index contributed by atoms with van der Waals surface area (Å²) in [5, 5.41) is 19.8. The van der Waals surface area contributed by atoms with E-state index in [1.165, 1.54) is 5.56 Å². The number of carboxylic acids is 1. The molecule has 0 unspecified atom stereocenters. The minimum atomic E-state index is -1.55. The van der Waals surface area contributed by atoms with E-state index in [0.29, 0.717) is 5.75 Å². The van der Waals surface area contributed by atoms with Gasteiger partial charge in [-0.05, 0) is 19.1 Å². The van der Waals surface area contributed by atoms with Crippen LogP contribution in [0.1, 0.15) is 12.0 Å². The number of benzene rings is 1. The Kier molecular flexibility index (Phi) is 6.38. The van der Waals surface area contributed by atoms with Crippen molar-refractivity contribution in [2.24, 2.45) is 0 Å². The predicted octanol–water partition coefficient (Wildman–Crippen LogP) is 1.04. The lowest BCUT2D eigenvalue weighted by Crippen LogP contribution is -2.36. The van der Waals surface area contributed by atoms with E-state index >= 15 is 0 Å². The Hall–Kier alpha value is -1.53. The molecule has 0 radical (unpaired) electrons. The Morgan fingerprint density at radius 2 is 1.95 bits per heavy atom. The molecule has 0 fully saturated rings. The Morgan fingerprint density at radius 1 is 1.32 bits per heavy atom. The number of carbonyl (C=O) groups is 2. The Labute approximate surface area is 116 Å². The first-order chi connectivity index (χ1) is 8.99. The zero-order chi connectivity index (χ0) is 14.3. The third-order valence-corrected chi connectivity index (χ3v) is 3.41. The monoisotopic (exact) mass is 283 g/mol. The maximum atomic E-state index is 11.4. The normalized spacial score (nSPS) is 11.9. The first-order valence-corrected chi connectivity index (χ1v) is 6.84. The van der Waals surface area contributed by atoms with Crippen molar-refractivity contribution in [3.05, 3.63) is 29.8 Å². The highest BCUT2D eigenvalue weighted by molar-refractivity contribution is 7.99. The first-order valence-electron chi connectivity index (χ1n) is 5.86. The molecule has 1 aromatic carbocycles. The van der Waals surface area contributed by atoms with Crippen LogP contribution in [0.15, 0.2) is 29.2 Å². The molecule has 0 spiro atoms. The zero-order valence-electron chi connectivity index (χ0n) is 10.6. The predicted molar refractivity (Wildman–Crippen MR) is 73.2 cm³/mol. The number of hydrogen-bond acceptors (Lipinski definition) is 4. The molecule has 0 aliphatic heterocycles. The highest BCUT2D eigenvalue weighted by Gasteiger charge is 2.13. The molecule has 1 atom stereocenters. The Morgan fingerprint density at radius 3 is 2.53 bits per heavy atom. The maximum Gasteiger partial charge on any atom is 0.334 e. The van der Waals surface area contributed by atoms with Gasteiger partial charge in [0, 0.05) is 17.1 Å². The van der Waals surface area contributed by atoms with E-state index < -0.39 is 12.1 Å². The number of carboxylic acid groups (broad SMARTS) is 1. The highest BCUT2D eigenvalue weighted by atomic mass is 32.2. The van der Waals surface area contributed by atoms with E-state index in [9.17, 15) is 9.59 Å². The Bertz CT molecular complexity index is 433. The van der Waals surface area contributed by atoms with Crippen molar-refractivity contribution in [1.29, 1.82) is 0 Å². The Balaban J connectivity index is 2.20. The second kappa shape index (κ2) is 7.81. The van der Waals surface area contributed by atoms with Crippen LogP contribution in [-0.4, -0.2) is 40.5 Å². The molecule has 0 bridgehead atoms. The number of amides is 1. The number of aliphatic carboxylic acids is 1. The van der Waals surface area contributed by atoms with Gasteiger partial charge in [0.2, 0.25) is 5.91 Å². The quantitative estimate of drug-likeness (QED) is 0.651. The van der Waals surface area contributed by atoms with E-state index in [0.717, 1.165) is 4.90 Å². The number of nitrogens with one attached hydrogen (secondary N) is 1. The molecule has 6 heteroatoms. The molecule has 104 valence electrons. The van der Waals surface area contributed by atoms with Crippen LogP contribution in [-0.2, 0) is 9.59 Å². The van der Waals surface area contributed by atoms with Gasteiger partial charge in [0.1, 0.15) is 0 Å². The van der Waals surface area contributed by atoms with Crippen molar-refractivity contribution in [2.75, 3.05) is 12.3 Å². The van der Waals surface area contributed by atoms with Crippen molar-refractivity contribution in [3.63, 3.8) is 0 Å². The van der Waals surface area contributed by atoms with Crippen molar-refractivity contribution in [3.8, 4) is 0 Å². The average molecular weight is 283 g/mol. The molecule has 5 nitrogen and oxygen atoms in total. The fraction of sp³-hybridized carbons (Fsp3) is 0.385. The molecule has 0 aliphatic rings. The summed E-state index contributed by atoms with van der Waals surface area (Å²) in [5.74, 6) is -0.993. The summed E-state index contributed by atoms with van der Waals surface area (Å²) in [6.45, 7) is 1.75. The van der Waals surface area contributed by atoms with Gasteiger partial charge in [0.05, 0.1) is 6.54 Å². The van der Waals surface area contributed by atoms with E-state index in [2.05, 4.69) is 5.32 Å². The van der Waals surface area contributed by atoms with Crippen LogP contribution in [0.25, 0.3) is 0 Å². The maximum absolute atomic E-state index is 11.4. The van der Waals surface area contributed by atoms with Gasteiger partial charge in [-0.1, -0.05) is 17.7 Å². The zero-order valence-corrected chi connectivity index (χ0v) is 11.4. The first kappa shape index (κ1) is 15.5. The smallest absolute Gasteiger partial charge is 0.334 e. The fourth-order valence-electron chi connectivity index (χ4n) is 1.28. The third-order valence-electron chi connectivity index (χ3n) is 2.40. The van der Waals surface area contributed by atoms with Crippen molar-refractivity contribution in [1.82, 2.24) is 5.32 Å². The SMILES string of the molecule is Cc1ccc(SCCC(=O)NC[C@H](O)C(=O)O)cc1. The third kappa shape index (κ3) is 6.26. The molecule has 1 aromatic rings. The molecule has 0 aromatic heterocycles. The minimum absolute atomic E-state index is 0.261. The molecule has 1 rings (SSSR count). The van der Waals surface area contributed by atoms with Crippen LogP contribution in [0.3, 0.4) is 0 Å². The number of aryl methyl sites for hydroxylation is 1. The van der Waals surface area contributed by atoms with Crippen LogP contribution in [0.2, 0.25) is 0 Å². The van der Waals surface area contributed by atoms with E-state index in [1.54, 1.807) is 11.8 Å².